The predicted octanol–water partition coefficient (Wildman–Crippen LogP) is 0.964. The molecule has 0 bridgehead atoms. The minimum absolute atomic E-state index is 0.0204. The number of thiazole rings is 1. The molecule has 1 fully saturated rings. The van der Waals surface area contributed by atoms with Gasteiger partial charge in [0.1, 0.15) is 5.69 Å². The van der Waals surface area contributed by atoms with Crippen LogP contribution in [0.25, 0.3) is 0 Å². The van der Waals surface area contributed by atoms with Gasteiger partial charge >= 0.3 is 0 Å². The molecule has 1 aromatic heterocycles. The number of hydrazine groups is 1. The van der Waals surface area contributed by atoms with E-state index in [0.717, 1.165) is 29.5 Å². The summed E-state index contributed by atoms with van der Waals surface area (Å²) >= 11 is 1.38. The Hall–Kier alpha value is -2.98. The lowest BCUT2D eigenvalue weighted by Gasteiger charge is -2.25. The highest BCUT2D eigenvalue weighted by Crippen LogP contribution is 2.28. The Morgan fingerprint density at radius 3 is 2.62 bits per heavy atom. The molecule has 0 aliphatic carbocycles. The molecule has 0 radical (unpaired) electrons. The maximum absolute atomic E-state index is 12.4. The first-order valence-corrected chi connectivity index (χ1v) is 10.2. The maximum Gasteiger partial charge on any atom is 0.289 e. The summed E-state index contributed by atoms with van der Waals surface area (Å²) in [6.45, 7) is 4.90. The lowest BCUT2D eigenvalue weighted by molar-refractivity contribution is -0.116. The van der Waals surface area contributed by atoms with Crippen LogP contribution in [0.1, 0.15) is 33.3 Å². The number of benzene rings is 1. The second kappa shape index (κ2) is 8.18. The van der Waals surface area contributed by atoms with Gasteiger partial charge in [0.05, 0.1) is 13.2 Å². The van der Waals surface area contributed by atoms with Gasteiger partial charge in [0.2, 0.25) is 5.91 Å². The molecule has 1 aromatic carbocycles. The van der Waals surface area contributed by atoms with Crippen LogP contribution in [0.4, 0.5) is 10.8 Å². The fourth-order valence-corrected chi connectivity index (χ4v) is 4.25. The van der Waals surface area contributed by atoms with Gasteiger partial charge in [0.25, 0.3) is 11.8 Å². The summed E-state index contributed by atoms with van der Waals surface area (Å²) in [5.41, 5.74) is 7.27. The van der Waals surface area contributed by atoms with Crippen molar-refractivity contribution in [1.29, 1.82) is 0 Å². The normalized spacial score (nSPS) is 15.8. The molecule has 2 aromatic rings. The van der Waals surface area contributed by atoms with Crippen molar-refractivity contribution in [1.82, 2.24) is 15.8 Å². The minimum Gasteiger partial charge on any atom is -0.378 e. The van der Waals surface area contributed by atoms with Crippen molar-refractivity contribution in [3.8, 4) is 0 Å². The standard InChI is InChI=1S/C19H21N5O4S/c1-12(25)24-5-4-13-10-14(2-3-16(13)24)17(26)21-22-18(27)15-11-29-19(20-15)23-6-8-28-9-7-23/h2-3,10-11H,4-9H2,1H3,(H,21,26)(H,22,27). The molecule has 0 unspecified atom stereocenters. The van der Waals surface area contributed by atoms with Crippen LogP contribution in [-0.4, -0.2) is 55.6 Å². The molecule has 0 spiro atoms. The zero-order valence-electron chi connectivity index (χ0n) is 15.9. The zero-order chi connectivity index (χ0) is 20.4. The van der Waals surface area contributed by atoms with Crippen LogP contribution in [0.15, 0.2) is 23.6 Å². The number of amides is 3. The molecule has 3 heterocycles. The molecule has 2 aliphatic rings. The quantitative estimate of drug-likeness (QED) is 0.724. The van der Waals surface area contributed by atoms with Crippen molar-refractivity contribution in [2.45, 2.75) is 13.3 Å². The Balaban J connectivity index is 1.36. The summed E-state index contributed by atoms with van der Waals surface area (Å²) in [5.74, 6) is -0.919. The Morgan fingerprint density at radius 2 is 1.86 bits per heavy atom. The largest absolute Gasteiger partial charge is 0.378 e. The van der Waals surface area contributed by atoms with Gasteiger partial charge in [-0.25, -0.2) is 4.98 Å². The van der Waals surface area contributed by atoms with Gasteiger partial charge in [-0.2, -0.15) is 0 Å². The molecule has 2 N–H and O–H groups in total. The van der Waals surface area contributed by atoms with E-state index in [1.807, 2.05) is 0 Å². The highest BCUT2D eigenvalue weighted by molar-refractivity contribution is 7.13. The molecule has 10 heteroatoms. The summed E-state index contributed by atoms with van der Waals surface area (Å²) in [4.78, 5) is 44.4. The number of ether oxygens (including phenoxy) is 1. The number of hydrogen-bond donors (Lipinski definition) is 2. The zero-order valence-corrected chi connectivity index (χ0v) is 16.8. The van der Waals surface area contributed by atoms with E-state index in [-0.39, 0.29) is 11.6 Å². The second-order valence-electron chi connectivity index (χ2n) is 6.79. The number of anilines is 2. The van der Waals surface area contributed by atoms with Crippen molar-refractivity contribution < 1.29 is 19.1 Å². The number of hydrogen-bond acceptors (Lipinski definition) is 7. The average molecular weight is 415 g/mol. The van der Waals surface area contributed by atoms with Gasteiger partial charge in [0, 0.05) is 43.2 Å². The minimum atomic E-state index is -0.474. The fraction of sp³-hybridized carbons (Fsp3) is 0.368. The number of carbonyl (C=O) groups is 3. The van der Waals surface area contributed by atoms with Crippen molar-refractivity contribution in [2.75, 3.05) is 42.6 Å². The number of morpholine rings is 1. The van der Waals surface area contributed by atoms with Crippen molar-refractivity contribution in [3.63, 3.8) is 0 Å². The number of nitrogens with one attached hydrogen (secondary N) is 2. The Bertz CT molecular complexity index is 954. The molecule has 0 saturated carbocycles. The summed E-state index contributed by atoms with van der Waals surface area (Å²) in [6.07, 6.45) is 0.700. The van der Waals surface area contributed by atoms with E-state index < -0.39 is 11.8 Å². The molecule has 1 saturated heterocycles. The molecular formula is C19H21N5O4S. The molecule has 0 atom stereocenters. The van der Waals surface area contributed by atoms with Crippen LogP contribution in [0.3, 0.4) is 0 Å². The summed E-state index contributed by atoms with van der Waals surface area (Å²) < 4.78 is 5.32. The number of aromatic nitrogens is 1. The molecule has 4 rings (SSSR count). The summed E-state index contributed by atoms with van der Waals surface area (Å²) in [5, 5.41) is 2.43. The van der Waals surface area contributed by atoms with Gasteiger partial charge in [-0.05, 0) is 30.2 Å². The molecular weight excluding hydrogens is 394 g/mol. The summed E-state index contributed by atoms with van der Waals surface area (Å²) in [7, 11) is 0. The number of rotatable bonds is 3. The average Bonchev–Trinajstić information content (AvgIpc) is 3.39. The van der Waals surface area contributed by atoms with Gasteiger partial charge in [-0.3, -0.25) is 25.2 Å². The predicted molar refractivity (Wildman–Crippen MR) is 108 cm³/mol. The smallest absolute Gasteiger partial charge is 0.289 e. The van der Waals surface area contributed by atoms with Crippen LogP contribution in [-0.2, 0) is 16.0 Å². The van der Waals surface area contributed by atoms with E-state index in [0.29, 0.717) is 31.7 Å². The lowest BCUT2D eigenvalue weighted by Crippen LogP contribution is -2.42. The number of nitrogens with zero attached hydrogens (tertiary/aromatic N) is 3. The topological polar surface area (TPSA) is 104 Å². The fourth-order valence-electron chi connectivity index (χ4n) is 3.39. The Kier molecular flexibility index (Phi) is 5.45. The second-order valence-corrected chi connectivity index (χ2v) is 7.62. The molecule has 2 aliphatic heterocycles. The van der Waals surface area contributed by atoms with Crippen LogP contribution in [0.5, 0.6) is 0 Å². The molecule has 3 amide bonds. The van der Waals surface area contributed by atoms with E-state index in [9.17, 15) is 14.4 Å². The maximum atomic E-state index is 12.4. The third kappa shape index (κ3) is 4.08. The van der Waals surface area contributed by atoms with E-state index in [1.165, 1.54) is 18.3 Å². The number of carbonyl (C=O) groups excluding carboxylic acids is 3. The first-order chi connectivity index (χ1) is 14.0. The van der Waals surface area contributed by atoms with E-state index in [1.54, 1.807) is 28.5 Å². The third-order valence-corrected chi connectivity index (χ3v) is 5.81. The van der Waals surface area contributed by atoms with E-state index >= 15 is 0 Å². The lowest BCUT2D eigenvalue weighted by atomic mass is 10.1. The Morgan fingerprint density at radius 1 is 1.10 bits per heavy atom. The van der Waals surface area contributed by atoms with Crippen LogP contribution < -0.4 is 20.7 Å². The SMILES string of the molecule is CC(=O)N1CCc2cc(C(=O)NNC(=O)c3csc(N4CCOCC4)n3)ccc21. The highest BCUT2D eigenvalue weighted by Gasteiger charge is 2.23. The Labute approximate surface area is 171 Å². The van der Waals surface area contributed by atoms with E-state index in [2.05, 4.69) is 20.7 Å². The van der Waals surface area contributed by atoms with Crippen LogP contribution >= 0.6 is 11.3 Å². The molecule has 152 valence electrons. The molecule has 29 heavy (non-hydrogen) atoms. The van der Waals surface area contributed by atoms with Gasteiger partial charge < -0.3 is 14.5 Å². The summed E-state index contributed by atoms with van der Waals surface area (Å²) in [6, 6.07) is 5.15. The number of fused-ring (bicyclic) bond motifs is 1. The van der Waals surface area contributed by atoms with Crippen molar-refractivity contribution in [2.24, 2.45) is 0 Å². The van der Waals surface area contributed by atoms with E-state index in [4.69, 9.17) is 4.74 Å². The first-order valence-electron chi connectivity index (χ1n) is 9.33. The van der Waals surface area contributed by atoms with Crippen LogP contribution in [0.2, 0.25) is 0 Å². The van der Waals surface area contributed by atoms with Crippen molar-refractivity contribution in [3.05, 3.63) is 40.4 Å². The van der Waals surface area contributed by atoms with Gasteiger partial charge in [-0.15, -0.1) is 11.3 Å². The third-order valence-electron chi connectivity index (χ3n) is 4.91. The monoisotopic (exact) mass is 415 g/mol. The van der Waals surface area contributed by atoms with Crippen LogP contribution in [0, 0.1) is 0 Å². The highest BCUT2D eigenvalue weighted by atomic mass is 32.1. The molecule has 9 nitrogen and oxygen atoms in total. The van der Waals surface area contributed by atoms with Gasteiger partial charge in [0.15, 0.2) is 5.13 Å². The van der Waals surface area contributed by atoms with Gasteiger partial charge in [-0.1, -0.05) is 0 Å². The first kappa shape index (κ1) is 19.3. The van der Waals surface area contributed by atoms with Crippen molar-refractivity contribution >= 4 is 39.9 Å².